The Balaban J connectivity index is 0. The topological polar surface area (TPSA) is 66.2 Å². The van der Waals surface area contributed by atoms with Crippen LogP contribution >= 0.6 is 0 Å². The summed E-state index contributed by atoms with van der Waals surface area (Å²) in [6.45, 7) is 1.20. The van der Waals surface area contributed by atoms with Crippen LogP contribution in [0.25, 0.3) is 0 Å². The Hall–Kier alpha value is 0.0274. The molecule has 36 valence electrons. The smallest absolute Gasteiger partial charge is 0.548 e. The van der Waals surface area contributed by atoms with Crippen LogP contribution < -0.4 is 29.7 Å². The van der Waals surface area contributed by atoms with Crippen LogP contribution in [0.2, 0.25) is 2.82 Å². The summed E-state index contributed by atoms with van der Waals surface area (Å²) in [5.74, 6) is -1.41. The van der Waals surface area contributed by atoms with E-state index >= 15 is 0 Å². The predicted molar refractivity (Wildman–Crippen MR) is 18.7 cm³/mol. The summed E-state index contributed by atoms with van der Waals surface area (Å²) in [6.07, 6.45) is 0. The molecule has 0 radical (unpaired) electrons. The molecule has 0 rings (SSSR count). The second kappa shape index (κ2) is 4.19. The number of carbonyl (C=O) groups is 1. The van der Waals surface area contributed by atoms with E-state index in [1.54, 1.807) is 0 Å². The first-order valence-electron chi connectivity index (χ1n) is 2.43. The molecule has 0 saturated carbocycles. The van der Waals surface area contributed by atoms with E-state index < -0.39 is 12.0 Å². The van der Waals surface area contributed by atoms with Gasteiger partial charge >= 0.3 is 18.9 Å². The first-order valence-corrected chi connectivity index (χ1v) is 1.53. The van der Waals surface area contributed by atoms with Gasteiger partial charge in [-0.15, -0.1) is 0 Å². The second-order valence-corrected chi connectivity index (χ2v) is 0.995. The van der Waals surface area contributed by atoms with Gasteiger partial charge in [-0.2, -0.15) is 0 Å². The summed E-state index contributed by atoms with van der Waals surface area (Å²) < 4.78 is 12.8. The molecule has 0 aliphatic carbocycles. The third-order valence-corrected chi connectivity index (χ3v) is 0.341. The van der Waals surface area contributed by atoms with Crippen molar-refractivity contribution >= 4 is 5.97 Å². The van der Waals surface area contributed by atoms with Crippen molar-refractivity contribution in [2.75, 3.05) is 0 Å². The van der Waals surface area contributed by atoms with Crippen molar-refractivity contribution in [2.24, 2.45) is 5.72 Å². The third kappa shape index (κ3) is 6.03. The summed E-state index contributed by atoms with van der Waals surface area (Å²) in [5.41, 5.74) is 0.0787. The number of carboxylic acid groups (broad SMARTS) is 1. The van der Waals surface area contributed by atoms with Gasteiger partial charge in [-0.25, -0.2) is 0 Å². The van der Waals surface area contributed by atoms with Crippen LogP contribution in [0, 0.1) is 0 Å². The van der Waals surface area contributed by atoms with Gasteiger partial charge in [0.1, 0.15) is 2.82 Å². The summed E-state index contributed by atoms with van der Waals surface area (Å²) in [7, 11) is 0. The maximum Gasteiger partial charge on any atom is 1.00 e. The molecule has 0 aliphatic rings. The van der Waals surface area contributed by atoms with E-state index in [1.807, 2.05) is 0 Å². The molecule has 1 atom stereocenters. The van der Waals surface area contributed by atoms with Crippen LogP contribution in [0.4, 0.5) is 0 Å². The zero-order valence-corrected chi connectivity index (χ0v) is 4.34. The number of nitrogens with two attached hydrogens (primary N) is 1. The standard InChI is InChI=1S/C3H7NO2.Li/c1-2(4)3(5)6;/h2H,4H2,1H3,(H,5,6);/q;+1/p-1/t2-;/m0./s1/i4+1;/hD2. The second-order valence-electron chi connectivity index (χ2n) is 0.995. The van der Waals surface area contributed by atoms with E-state index in [1.165, 1.54) is 6.92 Å². The van der Waals surface area contributed by atoms with Crippen LogP contribution in [0.3, 0.4) is 0 Å². The summed E-state index contributed by atoms with van der Waals surface area (Å²) >= 11 is 0. The van der Waals surface area contributed by atoms with E-state index in [0.717, 1.165) is 0 Å². The Labute approximate surface area is 57.0 Å². The zero-order chi connectivity index (χ0) is 6.73. The van der Waals surface area contributed by atoms with Crippen molar-refractivity contribution in [1.82, 2.24) is 0 Å². The van der Waals surface area contributed by atoms with Gasteiger partial charge in [0, 0.05) is 6.04 Å². The van der Waals surface area contributed by atoms with E-state index in [4.69, 9.17) is 2.82 Å². The van der Waals surface area contributed by atoms with E-state index in [-0.39, 0.29) is 24.6 Å². The van der Waals surface area contributed by atoms with Crippen molar-refractivity contribution in [2.45, 2.75) is 13.0 Å². The molecule has 0 heterocycles. The van der Waals surface area contributed by atoms with E-state index in [9.17, 15) is 9.90 Å². The summed E-state index contributed by atoms with van der Waals surface area (Å²) in [4.78, 5) is 9.75. The van der Waals surface area contributed by atoms with Crippen LogP contribution in [-0.2, 0) is 4.79 Å². The molecule has 7 heavy (non-hydrogen) atoms. The van der Waals surface area contributed by atoms with Crippen molar-refractivity contribution in [3.05, 3.63) is 0 Å². The van der Waals surface area contributed by atoms with Gasteiger partial charge in [0.05, 0.1) is 5.97 Å². The van der Waals surface area contributed by atoms with Crippen LogP contribution in [0.1, 0.15) is 6.92 Å². The van der Waals surface area contributed by atoms with Gasteiger partial charge < -0.3 is 15.6 Å². The number of hydrogen-bond acceptors (Lipinski definition) is 3. The quantitative estimate of drug-likeness (QED) is 0.278. The summed E-state index contributed by atoms with van der Waals surface area (Å²) in [6, 6.07) is -1.16. The molecule has 0 aromatic rings. The molecule has 0 aromatic carbocycles. The van der Waals surface area contributed by atoms with Crippen molar-refractivity contribution < 1.29 is 31.6 Å². The van der Waals surface area contributed by atoms with Crippen LogP contribution in [0.15, 0.2) is 0 Å². The van der Waals surface area contributed by atoms with Crippen molar-refractivity contribution in [3.63, 3.8) is 0 Å². The fourth-order valence-corrected chi connectivity index (χ4v) is 0. The fraction of sp³-hybridized carbons (Fsp3) is 0.667. The normalized spacial score (nSPS) is 16.3. The molecule has 2 N–H and O–H groups in total. The maximum atomic E-state index is 9.75. The Morgan fingerprint density at radius 1 is 2.14 bits per heavy atom. The first-order chi connectivity index (χ1) is 3.55. The van der Waals surface area contributed by atoms with E-state index in [0.29, 0.717) is 0 Å². The fourth-order valence-electron chi connectivity index (χ4n) is 0. The molecule has 0 amide bonds. The van der Waals surface area contributed by atoms with E-state index in [2.05, 4.69) is 0 Å². The van der Waals surface area contributed by atoms with Gasteiger partial charge in [-0.1, -0.05) is 0 Å². The molecule has 4 heteroatoms. The molecule has 0 fully saturated rings. The molecular formula is C3H6LiNO2. The minimum Gasteiger partial charge on any atom is -0.548 e. The minimum atomic E-state index is -1.41. The van der Waals surface area contributed by atoms with Crippen molar-refractivity contribution in [3.8, 4) is 0 Å². The van der Waals surface area contributed by atoms with Gasteiger partial charge in [0.25, 0.3) is 0 Å². The molecule has 0 aliphatic heterocycles. The van der Waals surface area contributed by atoms with Crippen molar-refractivity contribution in [1.29, 1.82) is 0 Å². The number of carbonyl (C=O) groups excluding carboxylic acids is 1. The van der Waals surface area contributed by atoms with Gasteiger partial charge in [0.15, 0.2) is 0 Å². The molecule has 0 aromatic heterocycles. The predicted octanol–water partition coefficient (Wildman–Crippen LogP) is -4.91. The molecule has 0 saturated heterocycles. The maximum absolute atomic E-state index is 9.75. The Morgan fingerprint density at radius 3 is 2.57 bits per heavy atom. The molecule has 0 bridgehead atoms. The molecule has 0 unspecified atom stereocenters. The molecule has 0 spiro atoms. The number of aliphatic carboxylic acids is 1. The van der Waals surface area contributed by atoms with Gasteiger partial charge in [-0.3, -0.25) is 0 Å². The monoisotopic (exact) mass is 98.1 g/mol. The average molecular weight is 98.0 g/mol. The zero-order valence-electron chi connectivity index (χ0n) is 6.34. The Bertz CT molecular complexity index is 99.8. The third-order valence-electron chi connectivity index (χ3n) is 0.341. The van der Waals surface area contributed by atoms with Crippen LogP contribution in [-0.4, -0.2) is 12.0 Å². The number of hydrogen-bond donors (Lipinski definition) is 1. The Kier molecular flexibility index (Phi) is 3.10. The SMILES string of the molecule is [2H][15N]([2H])[C@@H](C)C(=O)[O-].[Li+]. The molecule has 3 nitrogen and oxygen atoms in total. The van der Waals surface area contributed by atoms with Gasteiger partial charge in [0.2, 0.25) is 0 Å². The number of rotatable bonds is 2. The summed E-state index contributed by atoms with van der Waals surface area (Å²) in [5, 5.41) is 9.75. The minimum absolute atomic E-state index is 0. The number of carboxylic acids is 1. The first kappa shape index (κ1) is 5.17. The average Bonchev–Trinajstić information content (AvgIpc) is 1.64. The molecular weight excluding hydrogens is 90.0 g/mol. The van der Waals surface area contributed by atoms with Crippen LogP contribution in [0.5, 0.6) is 0 Å². The Morgan fingerprint density at radius 2 is 2.57 bits per heavy atom. The van der Waals surface area contributed by atoms with Gasteiger partial charge in [-0.05, 0) is 6.92 Å². The largest absolute Gasteiger partial charge is 1.00 e.